The third kappa shape index (κ3) is 5.88. The van der Waals surface area contributed by atoms with Gasteiger partial charge in [0.25, 0.3) is 5.91 Å². The number of aromatic nitrogens is 1. The van der Waals surface area contributed by atoms with Gasteiger partial charge in [0.2, 0.25) is 0 Å². The van der Waals surface area contributed by atoms with Gasteiger partial charge >= 0.3 is 13.1 Å². The summed E-state index contributed by atoms with van der Waals surface area (Å²) < 4.78 is 11.0. The van der Waals surface area contributed by atoms with Crippen LogP contribution in [0.4, 0.5) is 5.13 Å². The molecule has 0 unspecified atom stereocenters. The van der Waals surface area contributed by atoms with Gasteiger partial charge in [0.15, 0.2) is 17.5 Å². The first-order valence-corrected chi connectivity index (χ1v) is 11.4. The highest BCUT2D eigenvalue weighted by Crippen LogP contribution is 2.30. The predicted molar refractivity (Wildman–Crippen MR) is 129 cm³/mol. The van der Waals surface area contributed by atoms with Crippen LogP contribution >= 0.6 is 11.3 Å². The molecule has 0 spiro atoms. The summed E-state index contributed by atoms with van der Waals surface area (Å²) >= 11 is 1.13. The molecule has 1 aromatic heterocycles. The molecule has 1 atom stereocenters. The molecule has 5 N–H and O–H groups in total. The number of fused-ring (bicyclic) bond motifs is 1. The van der Waals surface area contributed by atoms with Gasteiger partial charge in [-0.2, -0.15) is 0 Å². The molecule has 4 rings (SSSR count). The normalized spacial score (nSPS) is 15.1. The van der Waals surface area contributed by atoms with Crippen molar-refractivity contribution >= 4 is 41.2 Å². The molecule has 0 bridgehead atoms. The van der Waals surface area contributed by atoms with E-state index in [-0.39, 0.29) is 47.5 Å². The van der Waals surface area contributed by atoms with Crippen LogP contribution in [0, 0.1) is 0 Å². The predicted octanol–water partition coefficient (Wildman–Crippen LogP) is 1.36. The summed E-state index contributed by atoms with van der Waals surface area (Å²) in [6, 6.07) is 13.8. The van der Waals surface area contributed by atoms with Gasteiger partial charge in [-0.3, -0.25) is 4.79 Å². The Morgan fingerprint density at radius 1 is 1.23 bits per heavy atom. The van der Waals surface area contributed by atoms with Crippen LogP contribution in [0.15, 0.2) is 59.1 Å². The highest BCUT2D eigenvalue weighted by atomic mass is 32.1. The van der Waals surface area contributed by atoms with Crippen molar-refractivity contribution in [1.29, 1.82) is 0 Å². The second-order valence-electron chi connectivity index (χ2n) is 7.40. The highest BCUT2D eigenvalue weighted by Gasteiger charge is 2.38. The molecule has 1 amide bonds. The molecule has 0 radical (unpaired) electrons. The molecule has 2 aromatic carbocycles. The first-order chi connectivity index (χ1) is 16.9. The summed E-state index contributed by atoms with van der Waals surface area (Å²) in [6.07, 6.45) is 0.140. The monoisotopic (exact) mass is 496 g/mol. The van der Waals surface area contributed by atoms with Crippen LogP contribution < -0.4 is 20.4 Å². The quantitative estimate of drug-likeness (QED) is 0.148. The molecular formula is C22H21BN4O7S. The average molecular weight is 496 g/mol. The summed E-state index contributed by atoms with van der Waals surface area (Å²) in [5.74, 6) is -1.99. The number of nitrogen functional groups attached to an aromatic ring is 1. The number of nitrogens with zero attached hydrogens (tertiary/aromatic N) is 2. The number of ether oxygens (including phenoxy) is 1. The van der Waals surface area contributed by atoms with E-state index in [1.165, 1.54) is 6.07 Å². The summed E-state index contributed by atoms with van der Waals surface area (Å²) in [7, 11) is -1.48. The Labute approximate surface area is 204 Å². The lowest BCUT2D eigenvalue weighted by Gasteiger charge is -2.28. The van der Waals surface area contributed by atoms with Gasteiger partial charge in [-0.15, -0.1) is 11.3 Å². The molecule has 3 aromatic rings. The number of carbonyl (C=O) groups is 2. The van der Waals surface area contributed by atoms with Gasteiger partial charge in [-0.05, 0) is 30.2 Å². The van der Waals surface area contributed by atoms with E-state index in [1.807, 2.05) is 18.2 Å². The van der Waals surface area contributed by atoms with Gasteiger partial charge in [0.05, 0.1) is 11.5 Å². The number of hydrogen-bond donors (Lipinski definition) is 4. The lowest BCUT2D eigenvalue weighted by Crippen LogP contribution is -2.54. The molecule has 0 saturated heterocycles. The van der Waals surface area contributed by atoms with Gasteiger partial charge in [-0.25, -0.2) is 9.78 Å². The van der Waals surface area contributed by atoms with E-state index in [9.17, 15) is 19.7 Å². The Kier molecular flexibility index (Phi) is 7.48. The van der Waals surface area contributed by atoms with Gasteiger partial charge in [-0.1, -0.05) is 35.5 Å². The van der Waals surface area contributed by atoms with Crippen molar-refractivity contribution in [3.63, 3.8) is 0 Å². The van der Waals surface area contributed by atoms with Crippen LogP contribution in [0.3, 0.4) is 0 Å². The highest BCUT2D eigenvalue weighted by molar-refractivity contribution is 7.13. The Morgan fingerprint density at radius 2 is 2.03 bits per heavy atom. The topological polar surface area (TPSA) is 166 Å². The summed E-state index contributed by atoms with van der Waals surface area (Å²) in [5.41, 5.74) is 6.23. The van der Waals surface area contributed by atoms with Crippen molar-refractivity contribution in [1.82, 2.24) is 10.3 Å². The van der Waals surface area contributed by atoms with Crippen LogP contribution in [0.1, 0.15) is 21.6 Å². The fourth-order valence-corrected chi connectivity index (χ4v) is 3.93. The zero-order valence-corrected chi connectivity index (χ0v) is 19.1. The van der Waals surface area contributed by atoms with E-state index in [4.69, 9.17) is 20.0 Å². The van der Waals surface area contributed by atoms with Gasteiger partial charge in [0, 0.05) is 5.38 Å². The number of carboxylic acid groups (broad SMARTS) is 1. The number of benzene rings is 2. The van der Waals surface area contributed by atoms with Crippen LogP contribution in [-0.4, -0.2) is 59.0 Å². The third-order valence-corrected chi connectivity index (χ3v) is 5.66. The Balaban J connectivity index is 1.44. The second kappa shape index (κ2) is 10.9. The van der Waals surface area contributed by atoms with Crippen LogP contribution in [0.25, 0.3) is 0 Å². The minimum atomic E-state index is -1.48. The van der Waals surface area contributed by atoms with E-state index in [1.54, 1.807) is 29.6 Å². The SMILES string of the molecule is Nc1nc(/C(=N/OCCOc2ccccc2)C(=O)N[C@H]2Cc3cccc(C(=O)O)c3OB2O)cs1. The zero-order valence-electron chi connectivity index (χ0n) is 18.3. The van der Waals surface area contributed by atoms with Gasteiger partial charge < -0.3 is 35.4 Å². The second-order valence-corrected chi connectivity index (χ2v) is 8.29. The zero-order chi connectivity index (χ0) is 24.8. The number of nitrogens with one attached hydrogen (secondary N) is 1. The molecule has 0 fully saturated rings. The number of oxime groups is 1. The summed E-state index contributed by atoms with van der Waals surface area (Å²) in [6.45, 7) is 0.255. The summed E-state index contributed by atoms with van der Waals surface area (Å²) in [4.78, 5) is 33.9. The minimum Gasteiger partial charge on any atom is -0.534 e. The number of aromatic carboxylic acids is 1. The number of carboxylic acids is 1. The maximum atomic E-state index is 13.0. The van der Waals surface area contributed by atoms with Crippen LogP contribution in [0.5, 0.6) is 11.5 Å². The number of hydrogen-bond acceptors (Lipinski definition) is 10. The number of anilines is 1. The van der Waals surface area contributed by atoms with Crippen molar-refractivity contribution in [2.45, 2.75) is 12.4 Å². The molecule has 13 heteroatoms. The largest absolute Gasteiger partial charge is 0.547 e. The van der Waals surface area contributed by atoms with E-state index in [0.29, 0.717) is 11.3 Å². The minimum absolute atomic E-state index is 0.0613. The average Bonchev–Trinajstić information content (AvgIpc) is 3.27. The number of amides is 1. The van der Waals surface area contributed by atoms with E-state index in [2.05, 4.69) is 15.5 Å². The maximum absolute atomic E-state index is 13.0. The lowest BCUT2D eigenvalue weighted by atomic mass is 9.72. The molecule has 2 heterocycles. The smallest absolute Gasteiger partial charge is 0.534 e. The number of nitrogens with two attached hydrogens (primary N) is 1. The molecule has 0 aliphatic carbocycles. The fraction of sp³-hybridized carbons (Fsp3) is 0.182. The molecule has 11 nitrogen and oxygen atoms in total. The standard InChI is InChI=1S/C22H21BN4O7S/c24-22-25-16(12-35-22)18(27-33-10-9-32-14-6-2-1-3-7-14)20(28)26-17-11-13-5-4-8-15(21(29)30)19(13)34-23(17)31/h1-8,12,17,31H,9-11H2,(H2,24,25)(H,26,28)(H,29,30)/b27-18-/t17-/m0/s1. The number of thiazole rings is 1. The number of carbonyl (C=O) groups excluding carboxylic acids is 1. The Hall–Kier alpha value is -4.10. The fourth-order valence-electron chi connectivity index (χ4n) is 3.38. The van der Waals surface area contributed by atoms with Crippen molar-refractivity contribution < 1.29 is 33.9 Å². The van der Waals surface area contributed by atoms with Crippen molar-refractivity contribution in [2.24, 2.45) is 5.16 Å². The molecule has 1 aliphatic rings. The van der Waals surface area contributed by atoms with Gasteiger partial charge in [0.1, 0.15) is 23.8 Å². The Bertz CT molecular complexity index is 1240. The molecule has 180 valence electrons. The summed E-state index contributed by atoms with van der Waals surface area (Å²) in [5, 5.41) is 28.1. The maximum Gasteiger partial charge on any atom is 0.547 e. The van der Waals surface area contributed by atoms with Crippen molar-refractivity contribution in [2.75, 3.05) is 18.9 Å². The third-order valence-electron chi connectivity index (χ3n) is 4.99. The number of rotatable bonds is 9. The molecule has 1 aliphatic heterocycles. The molecular weight excluding hydrogens is 475 g/mol. The lowest BCUT2D eigenvalue weighted by molar-refractivity contribution is -0.115. The van der Waals surface area contributed by atoms with Crippen LogP contribution in [0.2, 0.25) is 0 Å². The first kappa shape index (κ1) is 24.0. The van der Waals surface area contributed by atoms with E-state index >= 15 is 0 Å². The van der Waals surface area contributed by atoms with Crippen LogP contribution in [-0.2, 0) is 16.1 Å². The number of para-hydroxylation sites is 2. The molecule has 35 heavy (non-hydrogen) atoms. The van der Waals surface area contributed by atoms with E-state index in [0.717, 1.165) is 11.3 Å². The molecule has 0 saturated carbocycles. The Morgan fingerprint density at radius 3 is 2.74 bits per heavy atom. The van der Waals surface area contributed by atoms with Crippen molar-refractivity contribution in [3.8, 4) is 11.5 Å². The van der Waals surface area contributed by atoms with E-state index < -0.39 is 24.9 Å². The van der Waals surface area contributed by atoms with Crippen molar-refractivity contribution in [3.05, 3.63) is 70.7 Å². The first-order valence-electron chi connectivity index (χ1n) is 10.5.